The highest BCUT2D eigenvalue weighted by molar-refractivity contribution is 6.08. The average molecular weight is 316 g/mol. The summed E-state index contributed by atoms with van der Waals surface area (Å²) in [4.78, 5) is 8.03. The Hall–Kier alpha value is -2.68. The van der Waals surface area contributed by atoms with Gasteiger partial charge in [-0.2, -0.15) is 0 Å². The summed E-state index contributed by atoms with van der Waals surface area (Å²) in [6.07, 6.45) is 6.38. The highest BCUT2D eigenvalue weighted by Gasteiger charge is 2.20. The summed E-state index contributed by atoms with van der Waals surface area (Å²) in [5.74, 6) is -0.193. The van der Waals surface area contributed by atoms with Gasteiger partial charge in [-0.05, 0) is 67.1 Å². The van der Waals surface area contributed by atoms with Crippen molar-refractivity contribution in [1.29, 1.82) is 0 Å². The van der Waals surface area contributed by atoms with Crippen LogP contribution < -0.4 is 0 Å². The number of pyridine rings is 1. The monoisotopic (exact) mass is 316 g/mol. The molecule has 0 unspecified atom stereocenters. The van der Waals surface area contributed by atoms with E-state index in [1.807, 2.05) is 12.3 Å². The summed E-state index contributed by atoms with van der Waals surface area (Å²) in [6, 6.07) is 13.1. The lowest BCUT2D eigenvalue weighted by Crippen LogP contribution is -2.08. The first-order valence-corrected chi connectivity index (χ1v) is 8.48. The van der Waals surface area contributed by atoms with Crippen LogP contribution >= 0.6 is 0 Å². The third-order valence-corrected chi connectivity index (χ3v) is 5.12. The van der Waals surface area contributed by atoms with E-state index in [0.717, 1.165) is 35.1 Å². The number of H-pyrrole nitrogens is 1. The van der Waals surface area contributed by atoms with Crippen molar-refractivity contribution in [3.63, 3.8) is 0 Å². The lowest BCUT2D eigenvalue weighted by atomic mass is 9.85. The molecule has 0 fully saturated rings. The molecule has 1 N–H and O–H groups in total. The van der Waals surface area contributed by atoms with Crippen LogP contribution in [0.4, 0.5) is 4.39 Å². The van der Waals surface area contributed by atoms with E-state index in [9.17, 15) is 4.39 Å². The van der Waals surface area contributed by atoms with Crippen LogP contribution in [0.2, 0.25) is 0 Å². The van der Waals surface area contributed by atoms with Crippen molar-refractivity contribution in [2.24, 2.45) is 0 Å². The van der Waals surface area contributed by atoms with Crippen LogP contribution in [0.1, 0.15) is 24.0 Å². The maximum absolute atomic E-state index is 13.7. The van der Waals surface area contributed by atoms with Gasteiger partial charge in [0.1, 0.15) is 5.82 Å². The second-order valence-electron chi connectivity index (χ2n) is 6.54. The quantitative estimate of drug-likeness (QED) is 0.500. The summed E-state index contributed by atoms with van der Waals surface area (Å²) >= 11 is 0. The van der Waals surface area contributed by atoms with Gasteiger partial charge in [-0.15, -0.1) is 0 Å². The molecule has 0 amide bonds. The van der Waals surface area contributed by atoms with Crippen LogP contribution in [0.5, 0.6) is 0 Å². The molecule has 0 saturated heterocycles. The van der Waals surface area contributed by atoms with E-state index in [-0.39, 0.29) is 5.82 Å². The number of hydrogen-bond acceptors (Lipinski definition) is 1. The maximum Gasteiger partial charge on any atom is 0.123 e. The highest BCUT2D eigenvalue weighted by Crippen LogP contribution is 2.37. The smallest absolute Gasteiger partial charge is 0.123 e. The largest absolute Gasteiger partial charge is 0.354 e. The predicted molar refractivity (Wildman–Crippen MR) is 95.6 cm³/mol. The zero-order valence-corrected chi connectivity index (χ0v) is 13.3. The van der Waals surface area contributed by atoms with Crippen molar-refractivity contribution in [3.05, 3.63) is 65.6 Å². The van der Waals surface area contributed by atoms with Crippen molar-refractivity contribution in [2.75, 3.05) is 0 Å². The molecule has 24 heavy (non-hydrogen) atoms. The number of nitrogens with one attached hydrogen (secondary N) is 1. The second kappa shape index (κ2) is 5.17. The molecular weight excluding hydrogens is 299 g/mol. The number of nitrogens with zero attached hydrogens (tertiary/aromatic N) is 1. The maximum atomic E-state index is 13.7. The first kappa shape index (κ1) is 13.7. The standard InChI is InChI=1S/C21H17FN2/c22-14-5-3-4-13(12-14)21-16-7-2-1-6-15(16)20-17-10-11-23-18(17)8-9-19(20)24-21/h3-5,8-12,24H,1-2,6-7H2. The summed E-state index contributed by atoms with van der Waals surface area (Å²) in [7, 11) is 0. The number of rotatable bonds is 1. The summed E-state index contributed by atoms with van der Waals surface area (Å²) in [6.45, 7) is 0. The molecule has 0 spiro atoms. The van der Waals surface area contributed by atoms with Gasteiger partial charge in [-0.1, -0.05) is 12.1 Å². The van der Waals surface area contributed by atoms with E-state index in [1.165, 1.54) is 40.8 Å². The fourth-order valence-electron chi connectivity index (χ4n) is 4.07. The molecule has 2 nitrogen and oxygen atoms in total. The van der Waals surface area contributed by atoms with E-state index in [4.69, 9.17) is 0 Å². The van der Waals surface area contributed by atoms with Crippen LogP contribution in [0.25, 0.3) is 33.1 Å². The first-order chi connectivity index (χ1) is 11.8. The van der Waals surface area contributed by atoms with Crippen LogP contribution in [-0.2, 0) is 12.8 Å². The van der Waals surface area contributed by atoms with Gasteiger partial charge >= 0.3 is 0 Å². The predicted octanol–water partition coefficient (Wildman–Crippen LogP) is 5.40. The van der Waals surface area contributed by atoms with E-state index in [1.54, 1.807) is 12.1 Å². The third-order valence-electron chi connectivity index (χ3n) is 5.12. The molecule has 0 aliphatic heterocycles. The van der Waals surface area contributed by atoms with E-state index < -0.39 is 0 Å². The summed E-state index contributed by atoms with van der Waals surface area (Å²) in [5, 5.41) is 2.51. The second-order valence-corrected chi connectivity index (χ2v) is 6.54. The molecule has 0 radical (unpaired) electrons. The molecule has 4 aromatic rings. The molecule has 0 atom stereocenters. The number of hydrogen-bond donors (Lipinski definition) is 1. The number of halogens is 1. The molecule has 1 aliphatic carbocycles. The molecule has 5 rings (SSSR count). The summed E-state index contributed by atoms with van der Waals surface area (Å²) in [5.41, 5.74) is 6.89. The fourth-order valence-corrected chi connectivity index (χ4v) is 4.07. The number of fused-ring (bicyclic) bond motifs is 5. The van der Waals surface area contributed by atoms with Crippen molar-refractivity contribution < 1.29 is 4.39 Å². The molecule has 0 bridgehead atoms. The number of benzene rings is 2. The van der Waals surface area contributed by atoms with Gasteiger partial charge in [-0.25, -0.2) is 4.39 Å². The lowest BCUT2D eigenvalue weighted by molar-refractivity contribution is 0.628. The Bertz CT molecular complexity index is 1080. The number of aromatic nitrogens is 2. The lowest BCUT2D eigenvalue weighted by Gasteiger charge is -2.23. The highest BCUT2D eigenvalue weighted by atomic mass is 19.1. The van der Waals surface area contributed by atoms with Gasteiger partial charge in [-0.3, -0.25) is 4.98 Å². The Morgan fingerprint density at radius 1 is 0.958 bits per heavy atom. The zero-order valence-electron chi connectivity index (χ0n) is 13.3. The minimum atomic E-state index is -0.193. The van der Waals surface area contributed by atoms with E-state index in [0.29, 0.717) is 0 Å². The van der Waals surface area contributed by atoms with Gasteiger partial charge < -0.3 is 4.98 Å². The van der Waals surface area contributed by atoms with Crippen LogP contribution in [0, 0.1) is 5.82 Å². The van der Waals surface area contributed by atoms with E-state index >= 15 is 0 Å². The summed E-state index contributed by atoms with van der Waals surface area (Å²) < 4.78 is 13.7. The normalized spacial score (nSPS) is 14.2. The Labute approximate surface area is 139 Å². The topological polar surface area (TPSA) is 28.7 Å². The molecule has 0 saturated carbocycles. The van der Waals surface area contributed by atoms with Gasteiger partial charge in [0, 0.05) is 33.7 Å². The van der Waals surface area contributed by atoms with Crippen molar-refractivity contribution >= 4 is 21.8 Å². The van der Waals surface area contributed by atoms with Crippen LogP contribution in [-0.4, -0.2) is 9.97 Å². The molecule has 3 heteroatoms. The SMILES string of the molecule is Fc1cccc(-c2[nH]c3ccc4nccc4c3c3c2CCCC3)c1. The fraction of sp³-hybridized carbons (Fsp3) is 0.190. The molecule has 2 aromatic heterocycles. The Kier molecular flexibility index (Phi) is 2.96. The Morgan fingerprint density at radius 2 is 1.83 bits per heavy atom. The number of aromatic amines is 1. The third kappa shape index (κ3) is 1.97. The van der Waals surface area contributed by atoms with Gasteiger partial charge in [0.05, 0.1) is 5.52 Å². The first-order valence-electron chi connectivity index (χ1n) is 8.48. The Balaban J connectivity index is 1.90. The minimum Gasteiger partial charge on any atom is -0.354 e. The number of aryl methyl sites for hydroxylation is 1. The molecular formula is C21H17FN2. The molecule has 2 aromatic carbocycles. The van der Waals surface area contributed by atoms with Crippen molar-refractivity contribution in [1.82, 2.24) is 9.97 Å². The van der Waals surface area contributed by atoms with E-state index in [2.05, 4.69) is 28.2 Å². The van der Waals surface area contributed by atoms with Gasteiger partial charge in [0.2, 0.25) is 0 Å². The molecule has 2 heterocycles. The van der Waals surface area contributed by atoms with Crippen LogP contribution in [0.15, 0.2) is 48.7 Å². The average Bonchev–Trinajstić information content (AvgIpc) is 3.09. The molecule has 1 aliphatic rings. The Morgan fingerprint density at radius 3 is 2.71 bits per heavy atom. The van der Waals surface area contributed by atoms with Crippen LogP contribution in [0.3, 0.4) is 0 Å². The van der Waals surface area contributed by atoms with Crippen molar-refractivity contribution in [3.8, 4) is 11.3 Å². The van der Waals surface area contributed by atoms with Gasteiger partial charge in [0.25, 0.3) is 0 Å². The zero-order chi connectivity index (χ0) is 16.1. The minimum absolute atomic E-state index is 0.193. The van der Waals surface area contributed by atoms with Gasteiger partial charge in [0.15, 0.2) is 0 Å². The molecule has 118 valence electrons. The van der Waals surface area contributed by atoms with Crippen molar-refractivity contribution in [2.45, 2.75) is 25.7 Å².